The Balaban J connectivity index is 1.94. The van der Waals surface area contributed by atoms with E-state index in [1.54, 1.807) is 0 Å². The van der Waals surface area contributed by atoms with Crippen LogP contribution in [0.15, 0.2) is 41.3 Å². The van der Waals surface area contributed by atoms with Gasteiger partial charge in [0, 0.05) is 10.6 Å². The predicted molar refractivity (Wildman–Crippen MR) is 86.7 cm³/mol. The number of benzene rings is 2. The fourth-order valence-corrected chi connectivity index (χ4v) is 2.87. The molecule has 0 heterocycles. The molecule has 0 bridgehead atoms. The van der Waals surface area contributed by atoms with Crippen LogP contribution < -0.4 is 5.32 Å². The van der Waals surface area contributed by atoms with E-state index in [1.165, 1.54) is 35.5 Å². The van der Waals surface area contributed by atoms with E-state index in [0.29, 0.717) is 11.4 Å². The fraction of sp³-hybridized carbons (Fsp3) is 0.188. The molecule has 0 aliphatic carbocycles. The van der Waals surface area contributed by atoms with Crippen LogP contribution in [-0.4, -0.2) is 11.7 Å². The van der Waals surface area contributed by atoms with Crippen LogP contribution in [0.25, 0.3) is 0 Å². The number of hydrogen-bond donors (Lipinski definition) is 1. The number of thioether (sulfide) groups is 1. The summed E-state index contributed by atoms with van der Waals surface area (Å²) in [5, 5.41) is 2.70. The first-order valence-electron chi connectivity index (χ1n) is 6.40. The summed E-state index contributed by atoms with van der Waals surface area (Å²) in [6.07, 6.45) is 0. The summed E-state index contributed by atoms with van der Waals surface area (Å²) in [5.74, 6) is -0.360. The molecule has 2 nitrogen and oxygen atoms in total. The summed E-state index contributed by atoms with van der Waals surface area (Å²) >= 11 is 7.15. The van der Waals surface area contributed by atoms with Crippen LogP contribution in [0, 0.1) is 19.7 Å². The van der Waals surface area contributed by atoms with Crippen molar-refractivity contribution in [1.82, 2.24) is 0 Å². The van der Waals surface area contributed by atoms with Crippen LogP contribution >= 0.6 is 23.4 Å². The first kappa shape index (κ1) is 15.9. The Morgan fingerprint density at radius 1 is 1.24 bits per heavy atom. The molecule has 2 aromatic rings. The highest BCUT2D eigenvalue weighted by atomic mass is 35.5. The minimum atomic E-state index is -0.501. The maximum absolute atomic E-state index is 13.0. The monoisotopic (exact) mass is 323 g/mol. The summed E-state index contributed by atoms with van der Waals surface area (Å²) in [7, 11) is 0. The summed E-state index contributed by atoms with van der Waals surface area (Å²) in [6, 6.07) is 10.2. The predicted octanol–water partition coefficient (Wildman–Crippen LogP) is 4.83. The zero-order chi connectivity index (χ0) is 15.4. The van der Waals surface area contributed by atoms with Gasteiger partial charge in [0.05, 0.1) is 10.8 Å². The van der Waals surface area contributed by atoms with Crippen molar-refractivity contribution in [3.05, 3.63) is 58.4 Å². The molecule has 0 radical (unpaired) electrons. The third-order valence-electron chi connectivity index (χ3n) is 2.89. The van der Waals surface area contributed by atoms with Gasteiger partial charge in [-0.3, -0.25) is 4.79 Å². The molecule has 0 spiro atoms. The van der Waals surface area contributed by atoms with Gasteiger partial charge in [0.15, 0.2) is 0 Å². The summed E-state index contributed by atoms with van der Waals surface area (Å²) in [4.78, 5) is 13.0. The van der Waals surface area contributed by atoms with Gasteiger partial charge in [0.2, 0.25) is 5.91 Å². The number of amides is 1. The third-order valence-corrected chi connectivity index (χ3v) is 4.36. The molecule has 5 heteroatoms. The molecule has 0 fully saturated rings. The van der Waals surface area contributed by atoms with E-state index in [2.05, 4.69) is 11.4 Å². The van der Waals surface area contributed by atoms with Crippen LogP contribution in [0.4, 0.5) is 10.1 Å². The Morgan fingerprint density at radius 3 is 2.67 bits per heavy atom. The van der Waals surface area contributed by atoms with E-state index in [1.807, 2.05) is 26.0 Å². The normalized spacial score (nSPS) is 10.5. The number of hydrogen-bond acceptors (Lipinski definition) is 2. The molecule has 0 atom stereocenters. The third kappa shape index (κ3) is 4.48. The molecule has 0 saturated heterocycles. The van der Waals surface area contributed by atoms with E-state index in [4.69, 9.17) is 11.6 Å². The molecule has 1 amide bonds. The van der Waals surface area contributed by atoms with Crippen LogP contribution in [0.1, 0.15) is 11.1 Å². The van der Waals surface area contributed by atoms with Gasteiger partial charge in [-0.15, -0.1) is 11.8 Å². The average molecular weight is 324 g/mol. The zero-order valence-corrected chi connectivity index (χ0v) is 13.3. The fourth-order valence-electron chi connectivity index (χ4n) is 1.88. The van der Waals surface area contributed by atoms with E-state index < -0.39 is 5.82 Å². The lowest BCUT2D eigenvalue weighted by Crippen LogP contribution is -2.14. The molecule has 0 saturated carbocycles. The van der Waals surface area contributed by atoms with Gasteiger partial charge >= 0.3 is 0 Å². The highest BCUT2D eigenvalue weighted by molar-refractivity contribution is 8.00. The Labute approximate surface area is 132 Å². The van der Waals surface area contributed by atoms with Crippen molar-refractivity contribution in [2.45, 2.75) is 18.7 Å². The summed E-state index contributed by atoms with van der Waals surface area (Å²) < 4.78 is 13.0. The molecule has 110 valence electrons. The molecule has 2 rings (SSSR count). The largest absolute Gasteiger partial charge is 0.325 e. The lowest BCUT2D eigenvalue weighted by atomic mass is 10.2. The van der Waals surface area contributed by atoms with E-state index in [0.717, 1.165) is 10.5 Å². The number of carbonyl (C=O) groups is 1. The zero-order valence-electron chi connectivity index (χ0n) is 11.7. The Hall–Kier alpha value is -1.52. The first-order valence-corrected chi connectivity index (χ1v) is 7.77. The number of nitrogens with one attached hydrogen (secondary N) is 1. The van der Waals surface area contributed by atoms with Gasteiger partial charge in [-0.2, -0.15) is 0 Å². The molecule has 2 aromatic carbocycles. The number of anilines is 1. The summed E-state index contributed by atoms with van der Waals surface area (Å²) in [6.45, 7) is 4.05. The van der Waals surface area contributed by atoms with Crippen LogP contribution in [0.5, 0.6) is 0 Å². The van der Waals surface area contributed by atoms with E-state index in [-0.39, 0.29) is 10.9 Å². The van der Waals surface area contributed by atoms with Crippen molar-refractivity contribution < 1.29 is 9.18 Å². The second-order valence-electron chi connectivity index (χ2n) is 4.73. The smallest absolute Gasteiger partial charge is 0.234 e. The Kier molecular flexibility index (Phi) is 5.26. The van der Waals surface area contributed by atoms with Gasteiger partial charge in [-0.25, -0.2) is 4.39 Å². The molecule has 0 unspecified atom stereocenters. The second-order valence-corrected chi connectivity index (χ2v) is 6.16. The van der Waals surface area contributed by atoms with E-state index >= 15 is 0 Å². The standard InChI is InChI=1S/C16H15ClFNOS/c1-10-3-6-15(11(2)7-10)21-9-16(20)19-12-4-5-14(18)13(17)8-12/h3-8H,9H2,1-2H3,(H,19,20). The average Bonchev–Trinajstić information content (AvgIpc) is 2.42. The van der Waals surface area contributed by atoms with Crippen LogP contribution in [-0.2, 0) is 4.79 Å². The van der Waals surface area contributed by atoms with Gasteiger partial charge < -0.3 is 5.32 Å². The topological polar surface area (TPSA) is 29.1 Å². The van der Waals surface area contributed by atoms with Gasteiger partial charge in [-0.05, 0) is 43.7 Å². The first-order chi connectivity index (χ1) is 9.95. The van der Waals surface area contributed by atoms with Crippen molar-refractivity contribution in [3.63, 3.8) is 0 Å². The Bertz CT molecular complexity index is 675. The van der Waals surface area contributed by atoms with Crippen molar-refractivity contribution in [2.24, 2.45) is 0 Å². The molecule has 1 N–H and O–H groups in total. The van der Waals surface area contributed by atoms with Gasteiger partial charge in [0.25, 0.3) is 0 Å². The van der Waals surface area contributed by atoms with Crippen LogP contribution in [0.3, 0.4) is 0 Å². The lowest BCUT2D eigenvalue weighted by Gasteiger charge is -2.08. The van der Waals surface area contributed by atoms with Gasteiger partial charge in [-0.1, -0.05) is 29.3 Å². The maximum atomic E-state index is 13.0. The molecular weight excluding hydrogens is 309 g/mol. The number of carbonyl (C=O) groups excluding carboxylic acids is 1. The van der Waals surface area contributed by atoms with Gasteiger partial charge in [0.1, 0.15) is 5.82 Å². The SMILES string of the molecule is Cc1ccc(SCC(=O)Nc2ccc(F)c(Cl)c2)c(C)c1. The van der Waals surface area contributed by atoms with Crippen LogP contribution in [0.2, 0.25) is 5.02 Å². The second kappa shape index (κ2) is 6.96. The van der Waals surface area contributed by atoms with Crippen molar-refractivity contribution in [2.75, 3.05) is 11.1 Å². The Morgan fingerprint density at radius 2 is 2.00 bits per heavy atom. The molecule has 0 aliphatic rings. The highest BCUT2D eigenvalue weighted by Gasteiger charge is 2.07. The minimum absolute atomic E-state index is 0.00479. The maximum Gasteiger partial charge on any atom is 0.234 e. The molecular formula is C16H15ClFNOS. The van der Waals surface area contributed by atoms with Crippen molar-refractivity contribution >= 4 is 35.0 Å². The number of rotatable bonds is 4. The highest BCUT2D eigenvalue weighted by Crippen LogP contribution is 2.24. The van der Waals surface area contributed by atoms with Crippen molar-refractivity contribution in [3.8, 4) is 0 Å². The summed E-state index contributed by atoms with van der Waals surface area (Å²) in [5.41, 5.74) is 2.84. The molecule has 21 heavy (non-hydrogen) atoms. The number of aryl methyl sites for hydroxylation is 2. The quantitative estimate of drug-likeness (QED) is 0.817. The minimum Gasteiger partial charge on any atom is -0.325 e. The molecule has 0 aliphatic heterocycles. The number of halogens is 2. The molecule has 0 aromatic heterocycles. The van der Waals surface area contributed by atoms with E-state index in [9.17, 15) is 9.18 Å². The lowest BCUT2D eigenvalue weighted by molar-refractivity contribution is -0.113. The van der Waals surface area contributed by atoms with Crippen molar-refractivity contribution in [1.29, 1.82) is 0 Å².